The average molecular weight is 326 g/mol. The molecule has 0 aliphatic carbocycles. The highest BCUT2D eigenvalue weighted by Crippen LogP contribution is 2.22. The van der Waals surface area contributed by atoms with E-state index >= 15 is 0 Å². The zero-order valence-electron chi connectivity index (χ0n) is 14.6. The van der Waals surface area contributed by atoms with E-state index in [2.05, 4.69) is 41.7 Å². The smallest absolute Gasteiger partial charge is 0.319 e. The molecular weight excluding hydrogens is 300 g/mol. The van der Waals surface area contributed by atoms with Crippen molar-refractivity contribution in [2.75, 3.05) is 23.7 Å². The molecule has 5 heteroatoms. The van der Waals surface area contributed by atoms with Gasteiger partial charge in [-0.2, -0.15) is 0 Å². The van der Waals surface area contributed by atoms with Gasteiger partial charge in [-0.3, -0.25) is 4.98 Å². The Morgan fingerprint density at radius 1 is 1.17 bits per heavy atom. The number of benzene rings is 1. The molecule has 0 bridgehead atoms. The number of carbonyl (C=O) groups excluding carboxylic acids is 1. The number of aryl methyl sites for hydroxylation is 1. The van der Waals surface area contributed by atoms with Crippen LogP contribution in [0.15, 0.2) is 42.7 Å². The maximum atomic E-state index is 12.0. The molecule has 0 saturated carbocycles. The van der Waals surface area contributed by atoms with Crippen molar-refractivity contribution in [3.05, 3.63) is 53.9 Å². The first-order valence-electron chi connectivity index (χ1n) is 8.35. The van der Waals surface area contributed by atoms with E-state index in [4.69, 9.17) is 0 Å². The molecule has 0 fully saturated rings. The number of urea groups is 1. The lowest BCUT2D eigenvalue weighted by Crippen LogP contribution is -2.30. The van der Waals surface area contributed by atoms with Crippen LogP contribution < -0.4 is 16.0 Å². The highest BCUT2D eigenvalue weighted by molar-refractivity contribution is 5.89. The molecule has 0 radical (unpaired) electrons. The Kier molecular flexibility index (Phi) is 6.61. The van der Waals surface area contributed by atoms with Crippen LogP contribution in [0.1, 0.15) is 37.3 Å². The topological polar surface area (TPSA) is 66.1 Å². The molecule has 0 atom stereocenters. The van der Waals surface area contributed by atoms with Gasteiger partial charge in [-0.05, 0) is 54.7 Å². The summed E-state index contributed by atoms with van der Waals surface area (Å²) < 4.78 is 0. The third-order valence-electron chi connectivity index (χ3n) is 3.79. The Bertz CT molecular complexity index is 656. The molecule has 128 valence electrons. The minimum Gasteiger partial charge on any atom is -0.384 e. The van der Waals surface area contributed by atoms with Crippen molar-refractivity contribution in [2.24, 2.45) is 0 Å². The number of rotatable bonds is 7. The molecule has 0 aliphatic rings. The van der Waals surface area contributed by atoms with Crippen LogP contribution in [0.4, 0.5) is 16.2 Å². The van der Waals surface area contributed by atoms with E-state index in [0.717, 1.165) is 24.3 Å². The van der Waals surface area contributed by atoms with Crippen LogP contribution in [-0.4, -0.2) is 24.1 Å². The standard InChI is InChI=1S/C19H26N4O/c1-14(2)18-12-16(8-7-15(18)3)23-19(24)22-11-5-10-21-17-6-4-9-20-13-17/h4,6-9,12-14,21H,5,10-11H2,1-3H3,(H2,22,23,24). The third-order valence-corrected chi connectivity index (χ3v) is 3.79. The fraction of sp³-hybridized carbons (Fsp3) is 0.368. The van der Waals surface area contributed by atoms with E-state index < -0.39 is 0 Å². The van der Waals surface area contributed by atoms with Crippen LogP contribution in [0.2, 0.25) is 0 Å². The lowest BCUT2D eigenvalue weighted by Gasteiger charge is -2.13. The molecule has 2 amide bonds. The van der Waals surface area contributed by atoms with Crippen LogP contribution in [0.3, 0.4) is 0 Å². The third kappa shape index (κ3) is 5.57. The summed E-state index contributed by atoms with van der Waals surface area (Å²) in [6, 6.07) is 9.71. The number of hydrogen-bond acceptors (Lipinski definition) is 3. The maximum Gasteiger partial charge on any atom is 0.319 e. The molecule has 2 rings (SSSR count). The number of amides is 2. The number of hydrogen-bond donors (Lipinski definition) is 3. The SMILES string of the molecule is Cc1ccc(NC(=O)NCCCNc2cccnc2)cc1C(C)C. The maximum absolute atomic E-state index is 12.0. The normalized spacial score (nSPS) is 10.5. The summed E-state index contributed by atoms with van der Waals surface area (Å²) in [5, 5.41) is 9.03. The number of nitrogens with zero attached hydrogens (tertiary/aromatic N) is 1. The Morgan fingerprint density at radius 2 is 2.00 bits per heavy atom. The van der Waals surface area contributed by atoms with Crippen LogP contribution >= 0.6 is 0 Å². The average Bonchev–Trinajstić information content (AvgIpc) is 2.57. The zero-order chi connectivity index (χ0) is 17.4. The molecule has 1 heterocycles. The summed E-state index contributed by atoms with van der Waals surface area (Å²) in [6.45, 7) is 7.80. The Morgan fingerprint density at radius 3 is 2.71 bits per heavy atom. The molecular formula is C19H26N4O. The molecule has 0 unspecified atom stereocenters. The van der Waals surface area contributed by atoms with Crippen LogP contribution in [0, 0.1) is 6.92 Å². The van der Waals surface area contributed by atoms with Crippen LogP contribution in [0.25, 0.3) is 0 Å². The van der Waals surface area contributed by atoms with E-state index in [1.165, 1.54) is 11.1 Å². The monoisotopic (exact) mass is 326 g/mol. The summed E-state index contributed by atoms with van der Waals surface area (Å²) in [4.78, 5) is 16.0. The summed E-state index contributed by atoms with van der Waals surface area (Å²) in [5.41, 5.74) is 4.32. The van der Waals surface area contributed by atoms with Gasteiger partial charge in [-0.15, -0.1) is 0 Å². The first kappa shape index (κ1) is 17.8. The van der Waals surface area contributed by atoms with Crippen LogP contribution in [-0.2, 0) is 0 Å². The van der Waals surface area contributed by atoms with E-state index in [9.17, 15) is 4.79 Å². The number of nitrogens with one attached hydrogen (secondary N) is 3. The van der Waals surface area contributed by atoms with Crippen molar-refractivity contribution in [2.45, 2.75) is 33.1 Å². The second-order valence-electron chi connectivity index (χ2n) is 6.13. The lowest BCUT2D eigenvalue weighted by atomic mass is 9.97. The van der Waals surface area contributed by atoms with Gasteiger partial charge >= 0.3 is 6.03 Å². The van der Waals surface area contributed by atoms with Gasteiger partial charge in [0.1, 0.15) is 0 Å². The van der Waals surface area contributed by atoms with E-state index in [0.29, 0.717) is 12.5 Å². The van der Waals surface area contributed by atoms with Gasteiger partial charge in [0.25, 0.3) is 0 Å². The molecule has 1 aromatic heterocycles. The summed E-state index contributed by atoms with van der Waals surface area (Å²) >= 11 is 0. The van der Waals surface area contributed by atoms with Gasteiger partial charge in [0.05, 0.1) is 5.69 Å². The van der Waals surface area contributed by atoms with Crippen molar-refractivity contribution < 1.29 is 4.79 Å². The largest absolute Gasteiger partial charge is 0.384 e. The number of aromatic nitrogens is 1. The summed E-state index contributed by atoms with van der Waals surface area (Å²) in [5.74, 6) is 0.438. The van der Waals surface area contributed by atoms with Gasteiger partial charge in [-0.25, -0.2) is 4.79 Å². The van der Waals surface area contributed by atoms with E-state index in [1.54, 1.807) is 12.4 Å². The van der Waals surface area contributed by atoms with Crippen molar-refractivity contribution in [3.8, 4) is 0 Å². The van der Waals surface area contributed by atoms with E-state index in [-0.39, 0.29) is 6.03 Å². The molecule has 1 aromatic carbocycles. The first-order chi connectivity index (χ1) is 11.6. The Labute approximate surface area is 143 Å². The molecule has 5 nitrogen and oxygen atoms in total. The quantitative estimate of drug-likeness (QED) is 0.670. The van der Waals surface area contributed by atoms with Crippen molar-refractivity contribution in [1.82, 2.24) is 10.3 Å². The Hall–Kier alpha value is -2.56. The highest BCUT2D eigenvalue weighted by Gasteiger charge is 2.06. The summed E-state index contributed by atoms with van der Waals surface area (Å²) in [6.07, 6.45) is 4.37. The molecule has 0 aliphatic heterocycles. The number of carbonyl (C=O) groups is 1. The fourth-order valence-electron chi connectivity index (χ4n) is 2.51. The molecule has 2 aromatic rings. The molecule has 24 heavy (non-hydrogen) atoms. The number of pyridine rings is 1. The first-order valence-corrected chi connectivity index (χ1v) is 8.35. The van der Waals surface area contributed by atoms with Gasteiger partial charge in [0, 0.05) is 31.2 Å². The highest BCUT2D eigenvalue weighted by atomic mass is 16.2. The second-order valence-corrected chi connectivity index (χ2v) is 6.13. The minimum absolute atomic E-state index is 0.171. The number of anilines is 2. The van der Waals surface area contributed by atoms with Gasteiger partial charge in [-0.1, -0.05) is 19.9 Å². The van der Waals surface area contributed by atoms with Crippen LogP contribution in [0.5, 0.6) is 0 Å². The van der Waals surface area contributed by atoms with Gasteiger partial charge < -0.3 is 16.0 Å². The van der Waals surface area contributed by atoms with Crippen molar-refractivity contribution in [1.29, 1.82) is 0 Å². The molecule has 3 N–H and O–H groups in total. The van der Waals surface area contributed by atoms with Gasteiger partial charge in [0.15, 0.2) is 0 Å². The summed E-state index contributed by atoms with van der Waals surface area (Å²) in [7, 11) is 0. The fourth-order valence-corrected chi connectivity index (χ4v) is 2.51. The van der Waals surface area contributed by atoms with Crippen molar-refractivity contribution >= 4 is 17.4 Å². The predicted molar refractivity (Wildman–Crippen MR) is 99.6 cm³/mol. The second kappa shape index (κ2) is 8.91. The van der Waals surface area contributed by atoms with E-state index in [1.807, 2.05) is 30.3 Å². The molecule has 0 saturated heterocycles. The minimum atomic E-state index is -0.171. The zero-order valence-corrected chi connectivity index (χ0v) is 14.6. The van der Waals surface area contributed by atoms with Crippen molar-refractivity contribution in [3.63, 3.8) is 0 Å². The Balaban J connectivity index is 1.71. The molecule has 0 spiro atoms. The lowest BCUT2D eigenvalue weighted by molar-refractivity contribution is 0.252. The predicted octanol–water partition coefficient (Wildman–Crippen LogP) is 4.14. The van der Waals surface area contributed by atoms with Gasteiger partial charge in [0.2, 0.25) is 0 Å².